The highest BCUT2D eigenvalue weighted by Crippen LogP contribution is 2.50. The lowest BCUT2D eigenvalue weighted by Gasteiger charge is -2.46. The van der Waals surface area contributed by atoms with E-state index in [-0.39, 0.29) is 23.2 Å². The molecule has 2 nitrogen and oxygen atoms in total. The van der Waals surface area contributed by atoms with E-state index in [1.165, 1.54) is 76.8 Å². The molecule has 0 heterocycles. The predicted octanol–water partition coefficient (Wildman–Crippen LogP) is 8.17. The molecule has 4 heteroatoms. The maximum absolute atomic E-state index is 14.2. The molecule has 3 aliphatic carbocycles. The van der Waals surface area contributed by atoms with Crippen molar-refractivity contribution in [2.75, 3.05) is 0 Å². The van der Waals surface area contributed by atoms with Crippen molar-refractivity contribution in [2.24, 2.45) is 35.5 Å². The van der Waals surface area contributed by atoms with Crippen LogP contribution in [0, 0.1) is 54.1 Å². The number of hydrogen-bond donors (Lipinski definition) is 0. The minimum Gasteiger partial charge on any atom is -0.423 e. The Kier molecular flexibility index (Phi) is 8.24. The van der Waals surface area contributed by atoms with E-state index >= 15 is 0 Å². The number of hydrogen-bond acceptors (Lipinski definition) is 2. The number of aryl methyl sites for hydroxylation is 1. The molecule has 0 saturated heterocycles. The van der Waals surface area contributed by atoms with Gasteiger partial charge in [0, 0.05) is 0 Å². The minimum absolute atomic E-state index is 0.184. The zero-order valence-electron chi connectivity index (χ0n) is 20.3. The molecule has 0 aromatic heterocycles. The number of esters is 1. The first-order chi connectivity index (χ1) is 16.0. The summed E-state index contributed by atoms with van der Waals surface area (Å²) in [6.07, 6.45) is 19.0. The normalized spacial score (nSPS) is 32.5. The van der Waals surface area contributed by atoms with Crippen molar-refractivity contribution in [3.8, 4) is 5.75 Å². The van der Waals surface area contributed by atoms with Gasteiger partial charge in [0.05, 0.1) is 5.92 Å². The van der Waals surface area contributed by atoms with Gasteiger partial charge in [0.2, 0.25) is 5.82 Å². The topological polar surface area (TPSA) is 26.3 Å². The lowest BCUT2D eigenvalue weighted by atomic mass is 9.59. The number of benzene rings is 1. The molecular weight excluding hydrogens is 418 g/mol. The third-order valence-electron chi connectivity index (χ3n) is 8.98. The van der Waals surface area contributed by atoms with Gasteiger partial charge in [0.15, 0.2) is 11.6 Å². The molecule has 182 valence electrons. The van der Waals surface area contributed by atoms with Crippen LogP contribution in [0.2, 0.25) is 0 Å². The maximum Gasteiger partial charge on any atom is 0.314 e. The number of fused-ring (bicyclic) bond motifs is 1. The Morgan fingerprint density at radius 1 is 0.970 bits per heavy atom. The highest BCUT2D eigenvalue weighted by molar-refractivity contribution is 5.75. The van der Waals surface area contributed by atoms with E-state index < -0.39 is 11.6 Å². The first-order valence-corrected chi connectivity index (χ1v) is 13.2. The van der Waals surface area contributed by atoms with Crippen molar-refractivity contribution in [2.45, 2.75) is 90.9 Å². The summed E-state index contributed by atoms with van der Waals surface area (Å²) >= 11 is 0. The SMILES string of the molecule is C/C=C/CCC1CCC(C2CCC3C(CCCC3C(=O)Oc3ccc(C)c(F)c3F)C2)CC1. The standard InChI is InChI=1S/C29H40F2O2/c1-3-4-5-7-20-11-13-21(14-12-20)22-15-16-24-23(18-22)8-6-9-25(24)29(32)33-26-17-10-19(2)27(30)28(26)31/h3-4,10,17,20-25H,5-9,11-16,18H2,1-2H3/b4-3+. The zero-order valence-corrected chi connectivity index (χ0v) is 20.3. The van der Waals surface area contributed by atoms with Crippen LogP contribution in [-0.4, -0.2) is 5.97 Å². The van der Waals surface area contributed by atoms with Crippen LogP contribution >= 0.6 is 0 Å². The summed E-state index contributed by atoms with van der Waals surface area (Å²) in [5.74, 6) is 0.629. The quantitative estimate of drug-likeness (QED) is 0.244. The van der Waals surface area contributed by atoms with Crippen molar-refractivity contribution in [3.05, 3.63) is 41.5 Å². The summed E-state index contributed by atoms with van der Waals surface area (Å²) in [4.78, 5) is 13.0. The molecule has 0 aliphatic heterocycles. The van der Waals surface area contributed by atoms with Crippen molar-refractivity contribution in [1.82, 2.24) is 0 Å². The highest BCUT2D eigenvalue weighted by Gasteiger charge is 2.43. The Balaban J connectivity index is 1.31. The summed E-state index contributed by atoms with van der Waals surface area (Å²) in [5, 5.41) is 0. The summed E-state index contributed by atoms with van der Waals surface area (Å²) in [7, 11) is 0. The van der Waals surface area contributed by atoms with E-state index in [1.54, 1.807) is 0 Å². The van der Waals surface area contributed by atoms with Crippen molar-refractivity contribution < 1.29 is 18.3 Å². The summed E-state index contributed by atoms with van der Waals surface area (Å²) in [6.45, 7) is 3.60. The van der Waals surface area contributed by atoms with Gasteiger partial charge >= 0.3 is 5.97 Å². The average Bonchev–Trinajstić information content (AvgIpc) is 2.84. The molecule has 0 amide bonds. The van der Waals surface area contributed by atoms with Crippen molar-refractivity contribution >= 4 is 5.97 Å². The molecule has 3 aliphatic rings. The second kappa shape index (κ2) is 11.1. The van der Waals surface area contributed by atoms with Gasteiger partial charge in [0.1, 0.15) is 0 Å². The molecule has 3 saturated carbocycles. The fourth-order valence-electron chi connectivity index (χ4n) is 7.06. The van der Waals surface area contributed by atoms with E-state index in [0.29, 0.717) is 11.8 Å². The van der Waals surface area contributed by atoms with Crippen LogP contribution in [0.25, 0.3) is 0 Å². The second-order valence-electron chi connectivity index (χ2n) is 10.9. The Morgan fingerprint density at radius 3 is 2.48 bits per heavy atom. The molecule has 0 spiro atoms. The van der Waals surface area contributed by atoms with Crippen LogP contribution in [0.1, 0.15) is 89.5 Å². The number of halogens is 2. The second-order valence-corrected chi connectivity index (χ2v) is 10.9. The van der Waals surface area contributed by atoms with Crippen LogP contribution in [0.3, 0.4) is 0 Å². The first-order valence-electron chi connectivity index (χ1n) is 13.2. The Labute approximate surface area is 198 Å². The van der Waals surface area contributed by atoms with Gasteiger partial charge in [-0.25, -0.2) is 4.39 Å². The summed E-state index contributed by atoms with van der Waals surface area (Å²) in [5.41, 5.74) is 0.218. The van der Waals surface area contributed by atoms with Gasteiger partial charge in [-0.2, -0.15) is 4.39 Å². The van der Waals surface area contributed by atoms with E-state index in [9.17, 15) is 13.6 Å². The van der Waals surface area contributed by atoms with E-state index in [4.69, 9.17) is 4.74 Å². The molecule has 4 atom stereocenters. The predicted molar refractivity (Wildman–Crippen MR) is 128 cm³/mol. The molecule has 0 radical (unpaired) electrons. The lowest BCUT2D eigenvalue weighted by molar-refractivity contribution is -0.144. The fraction of sp³-hybridized carbons (Fsp3) is 0.690. The molecule has 0 bridgehead atoms. The van der Waals surface area contributed by atoms with E-state index in [0.717, 1.165) is 37.0 Å². The fourth-order valence-corrected chi connectivity index (χ4v) is 7.06. The number of carbonyl (C=O) groups is 1. The van der Waals surface area contributed by atoms with Crippen LogP contribution in [0.5, 0.6) is 5.75 Å². The maximum atomic E-state index is 14.2. The smallest absolute Gasteiger partial charge is 0.314 e. The molecule has 1 aromatic carbocycles. The molecule has 4 rings (SSSR count). The molecule has 33 heavy (non-hydrogen) atoms. The molecule has 3 fully saturated rings. The monoisotopic (exact) mass is 458 g/mol. The van der Waals surface area contributed by atoms with Crippen LogP contribution in [-0.2, 0) is 4.79 Å². The number of allylic oxidation sites excluding steroid dienone is 2. The molecule has 4 unspecified atom stereocenters. The van der Waals surface area contributed by atoms with Gasteiger partial charge in [-0.15, -0.1) is 0 Å². The number of ether oxygens (including phenoxy) is 1. The number of carbonyl (C=O) groups excluding carboxylic acids is 1. The third kappa shape index (κ3) is 5.69. The summed E-state index contributed by atoms with van der Waals surface area (Å²) in [6, 6.07) is 2.84. The lowest BCUT2D eigenvalue weighted by Crippen LogP contribution is -2.40. The van der Waals surface area contributed by atoms with Gasteiger partial charge < -0.3 is 4.74 Å². The zero-order chi connectivity index (χ0) is 23.4. The first kappa shape index (κ1) is 24.4. The van der Waals surface area contributed by atoms with Gasteiger partial charge in [-0.3, -0.25) is 4.79 Å². The van der Waals surface area contributed by atoms with Crippen molar-refractivity contribution in [3.63, 3.8) is 0 Å². The van der Waals surface area contributed by atoms with Gasteiger partial charge in [-0.05, 0) is 106 Å². The molecule has 1 aromatic rings. The number of rotatable bonds is 6. The van der Waals surface area contributed by atoms with E-state index in [1.807, 2.05) is 0 Å². The van der Waals surface area contributed by atoms with Crippen molar-refractivity contribution in [1.29, 1.82) is 0 Å². The molecular formula is C29H40F2O2. The summed E-state index contributed by atoms with van der Waals surface area (Å²) < 4.78 is 33.5. The molecule has 0 N–H and O–H groups in total. The Bertz CT molecular complexity index is 840. The van der Waals surface area contributed by atoms with Gasteiger partial charge in [0.25, 0.3) is 0 Å². The van der Waals surface area contributed by atoms with Crippen LogP contribution < -0.4 is 4.74 Å². The van der Waals surface area contributed by atoms with E-state index in [2.05, 4.69) is 19.1 Å². The average molecular weight is 459 g/mol. The highest BCUT2D eigenvalue weighted by atomic mass is 19.2. The van der Waals surface area contributed by atoms with Crippen LogP contribution in [0.15, 0.2) is 24.3 Å². The minimum atomic E-state index is -1.05. The third-order valence-corrected chi connectivity index (χ3v) is 8.98. The van der Waals surface area contributed by atoms with Gasteiger partial charge in [-0.1, -0.05) is 43.9 Å². The Hall–Kier alpha value is -1.71. The Morgan fingerprint density at radius 2 is 1.73 bits per heavy atom. The largest absolute Gasteiger partial charge is 0.423 e. The van der Waals surface area contributed by atoms with Crippen LogP contribution in [0.4, 0.5) is 8.78 Å².